The van der Waals surface area contributed by atoms with E-state index in [9.17, 15) is 13.2 Å². The number of nitrogens with zero attached hydrogens (tertiary/aromatic N) is 5. The number of hydrogen-bond acceptors (Lipinski definition) is 14. The number of hydrogen-bond donors (Lipinski definition) is 1. The maximum atomic E-state index is 15.8. The Kier molecular flexibility index (Phi) is 14.5. The van der Waals surface area contributed by atoms with Crippen LogP contribution in [0.25, 0.3) is 11.4 Å². The van der Waals surface area contributed by atoms with Crippen LogP contribution in [0.2, 0.25) is 0 Å². The molecule has 17 nitrogen and oxygen atoms in total. The van der Waals surface area contributed by atoms with Crippen molar-refractivity contribution in [2.24, 2.45) is 5.41 Å². The van der Waals surface area contributed by atoms with Crippen LogP contribution in [0, 0.1) is 5.41 Å². The second kappa shape index (κ2) is 19.5. The van der Waals surface area contributed by atoms with Gasteiger partial charge >= 0.3 is 13.2 Å². The van der Waals surface area contributed by atoms with Crippen LogP contribution in [0.4, 0.5) is 4.79 Å². The lowest BCUT2D eigenvalue weighted by molar-refractivity contribution is 0.0343. The van der Waals surface area contributed by atoms with Crippen molar-refractivity contribution in [2.75, 3.05) is 46.8 Å². The van der Waals surface area contributed by atoms with E-state index in [0.29, 0.717) is 28.4 Å². The Morgan fingerprint density at radius 3 is 1.79 bits per heavy atom. The molecule has 1 saturated heterocycles. The molecule has 63 heavy (non-hydrogen) atoms. The molecular formula is C43H53BN6O11S2. The highest BCUT2D eigenvalue weighted by Crippen LogP contribution is 2.36. The number of carbonyl (C=O) groups excluding carboxylic acids is 1. The molecule has 0 radical (unpaired) electrons. The summed E-state index contributed by atoms with van der Waals surface area (Å²) >= 11 is 0. The van der Waals surface area contributed by atoms with Gasteiger partial charge in [0.05, 0.1) is 38.5 Å². The molecule has 5 aromatic rings. The molecule has 0 bridgehead atoms. The van der Waals surface area contributed by atoms with Crippen LogP contribution in [-0.4, -0.2) is 107 Å². The van der Waals surface area contributed by atoms with Gasteiger partial charge in [0, 0.05) is 43.8 Å². The minimum absolute atomic E-state index is 0.133. The normalized spacial score (nSPS) is 14.3. The predicted molar refractivity (Wildman–Crippen MR) is 235 cm³/mol. The maximum Gasteiger partial charge on any atom is 0.494 e. The zero-order chi connectivity index (χ0) is 45.6. The first kappa shape index (κ1) is 47.0. The number of nitrogens with one attached hydrogen (secondary N) is 1. The second-order valence-corrected chi connectivity index (χ2v) is 20.6. The standard InChI is InChI=1S/C43H53BN6O11S2/c1-42(2,3)61-41(51)45-23-24-62(52,53)37-22-21-36(44-59-28-43(4,5)29-60-44)38(40-46-48-50(47-40)27-32-13-19-35(58-8)20-14-32)39(37)63(54,55)49(25-30-9-15-33(56-6)16-10-30)26-31-11-17-34(57-7)18-12-31/h9-22H,23-29H2,1-8H3,(H,45,51). The molecule has 1 amide bonds. The van der Waals surface area contributed by atoms with Crippen molar-refractivity contribution in [3.05, 3.63) is 102 Å². The smallest absolute Gasteiger partial charge is 0.494 e. The van der Waals surface area contributed by atoms with Crippen molar-refractivity contribution < 1.29 is 49.9 Å². The number of amides is 1. The summed E-state index contributed by atoms with van der Waals surface area (Å²) in [5.74, 6) is 0.894. The average Bonchev–Trinajstić information content (AvgIpc) is 3.71. The fourth-order valence-electron chi connectivity index (χ4n) is 6.62. The van der Waals surface area contributed by atoms with Crippen molar-refractivity contribution in [2.45, 2.75) is 69.6 Å². The highest BCUT2D eigenvalue weighted by atomic mass is 32.2. The lowest BCUT2D eigenvalue weighted by Gasteiger charge is -2.34. The molecule has 2 heterocycles. The van der Waals surface area contributed by atoms with Crippen molar-refractivity contribution in [3.63, 3.8) is 0 Å². The van der Waals surface area contributed by atoms with Gasteiger partial charge in [-0.1, -0.05) is 56.3 Å². The van der Waals surface area contributed by atoms with Crippen LogP contribution in [0.3, 0.4) is 0 Å². The van der Waals surface area contributed by atoms with Crippen molar-refractivity contribution in [1.29, 1.82) is 0 Å². The number of alkyl carbamates (subject to hydrolysis) is 1. The van der Waals surface area contributed by atoms with Crippen molar-refractivity contribution >= 4 is 38.5 Å². The first-order chi connectivity index (χ1) is 29.8. The number of carbonyl (C=O) groups is 1. The lowest BCUT2D eigenvalue weighted by Crippen LogP contribution is -2.48. The van der Waals surface area contributed by atoms with Gasteiger partial charge in [-0.25, -0.2) is 21.6 Å². The van der Waals surface area contributed by atoms with Crippen LogP contribution in [0.15, 0.2) is 94.7 Å². The Morgan fingerprint density at radius 1 is 0.794 bits per heavy atom. The summed E-state index contributed by atoms with van der Waals surface area (Å²) in [7, 11) is -5.96. The van der Waals surface area contributed by atoms with E-state index in [-0.39, 0.29) is 55.1 Å². The zero-order valence-electron chi connectivity index (χ0n) is 36.7. The molecule has 1 fully saturated rings. The Bertz CT molecular complexity index is 2520. The fraction of sp³-hybridized carbons (Fsp3) is 0.395. The van der Waals surface area contributed by atoms with Crippen LogP contribution >= 0.6 is 0 Å². The van der Waals surface area contributed by atoms with E-state index in [1.165, 1.54) is 35.5 Å². The van der Waals surface area contributed by atoms with Crippen LogP contribution in [0.1, 0.15) is 51.3 Å². The number of rotatable bonds is 17. The third-order valence-corrected chi connectivity index (χ3v) is 13.6. The lowest BCUT2D eigenvalue weighted by atomic mass is 9.73. The molecule has 0 spiro atoms. The minimum Gasteiger partial charge on any atom is -0.497 e. The summed E-state index contributed by atoms with van der Waals surface area (Å²) in [6.07, 6.45) is -0.834. The van der Waals surface area contributed by atoms with Gasteiger partial charge in [0.2, 0.25) is 15.8 Å². The number of sulfonamides is 1. The maximum absolute atomic E-state index is 15.8. The van der Waals surface area contributed by atoms with Gasteiger partial charge in [-0.2, -0.15) is 9.10 Å². The summed E-state index contributed by atoms with van der Waals surface area (Å²) < 4.78 is 95.9. The Morgan fingerprint density at radius 2 is 1.30 bits per heavy atom. The minimum atomic E-state index is -4.89. The molecule has 1 N–H and O–H groups in total. The second-order valence-electron chi connectivity index (χ2n) is 16.7. The van der Waals surface area contributed by atoms with E-state index in [2.05, 4.69) is 20.7 Å². The van der Waals surface area contributed by atoms with Crippen LogP contribution in [0.5, 0.6) is 17.2 Å². The predicted octanol–water partition coefficient (Wildman–Crippen LogP) is 4.87. The Labute approximate surface area is 369 Å². The number of benzene rings is 4. The van der Waals surface area contributed by atoms with Gasteiger partial charge in [0.15, 0.2) is 9.84 Å². The highest BCUT2D eigenvalue weighted by molar-refractivity contribution is 7.93. The van der Waals surface area contributed by atoms with Crippen LogP contribution in [-0.2, 0) is 53.5 Å². The van der Waals surface area contributed by atoms with Gasteiger partial charge in [-0.3, -0.25) is 0 Å². The number of tetrazole rings is 1. The molecule has 1 aliphatic rings. The van der Waals surface area contributed by atoms with Gasteiger partial charge in [-0.15, -0.1) is 10.2 Å². The average molecular weight is 905 g/mol. The molecule has 0 saturated carbocycles. The van der Waals surface area contributed by atoms with Gasteiger partial charge in [0.25, 0.3) is 0 Å². The molecule has 0 aliphatic carbocycles. The molecule has 0 atom stereocenters. The monoisotopic (exact) mass is 904 g/mol. The first-order valence-electron chi connectivity index (χ1n) is 20.1. The van der Waals surface area contributed by atoms with E-state index >= 15 is 8.42 Å². The summed E-state index contributed by atoms with van der Waals surface area (Å²) in [6, 6.07) is 23.6. The molecule has 6 rings (SSSR count). The molecular weight excluding hydrogens is 851 g/mol. The van der Waals surface area contributed by atoms with E-state index in [4.69, 9.17) is 28.3 Å². The van der Waals surface area contributed by atoms with Gasteiger partial charge < -0.3 is 33.6 Å². The Balaban J connectivity index is 1.56. The largest absolute Gasteiger partial charge is 0.497 e. The third-order valence-electron chi connectivity index (χ3n) is 9.83. The number of ether oxygens (including phenoxy) is 4. The SMILES string of the molecule is COc1ccc(CN(Cc2ccc(OC)cc2)S(=O)(=O)c2c(S(=O)(=O)CCNC(=O)OC(C)(C)C)ccc(B3OCC(C)(C)CO3)c2-c2nnn(Cc3ccc(OC)cc3)n2)cc1. The first-order valence-corrected chi connectivity index (χ1v) is 23.2. The summed E-state index contributed by atoms with van der Waals surface area (Å²) in [6.45, 7) is 8.80. The van der Waals surface area contributed by atoms with E-state index in [0.717, 1.165) is 5.56 Å². The fourth-order valence-corrected chi connectivity index (χ4v) is 10.3. The molecule has 336 valence electrons. The summed E-state index contributed by atoms with van der Waals surface area (Å²) in [5, 5.41) is 15.8. The van der Waals surface area contributed by atoms with E-state index < -0.39 is 60.8 Å². The van der Waals surface area contributed by atoms with E-state index in [1.807, 2.05) is 26.0 Å². The molecule has 4 aromatic carbocycles. The highest BCUT2D eigenvalue weighted by Gasteiger charge is 2.42. The third kappa shape index (κ3) is 11.9. The molecule has 1 aliphatic heterocycles. The quantitative estimate of drug-likeness (QED) is 0.124. The van der Waals surface area contributed by atoms with Crippen molar-refractivity contribution in [1.82, 2.24) is 29.8 Å². The van der Waals surface area contributed by atoms with Crippen molar-refractivity contribution in [3.8, 4) is 28.6 Å². The molecule has 1 aromatic heterocycles. The number of aromatic nitrogens is 4. The molecule has 20 heteroatoms. The summed E-state index contributed by atoms with van der Waals surface area (Å²) in [4.78, 5) is 12.7. The number of methoxy groups -OCH3 is 3. The topological polar surface area (TPSA) is 200 Å². The summed E-state index contributed by atoms with van der Waals surface area (Å²) in [5.41, 5.74) is 0.741. The van der Waals surface area contributed by atoms with Crippen LogP contribution < -0.4 is 25.0 Å². The van der Waals surface area contributed by atoms with Gasteiger partial charge in [0.1, 0.15) is 27.7 Å². The van der Waals surface area contributed by atoms with Gasteiger partial charge in [-0.05, 0) is 90.6 Å². The Hall–Kier alpha value is -5.54. The zero-order valence-corrected chi connectivity index (χ0v) is 38.3. The molecule has 0 unspecified atom stereocenters. The number of sulfone groups is 1. The van der Waals surface area contributed by atoms with E-state index in [1.54, 1.807) is 88.5 Å².